The van der Waals surface area contributed by atoms with Gasteiger partial charge in [0, 0.05) is 11.3 Å². The number of hydrogen-bond acceptors (Lipinski definition) is 5. The van der Waals surface area contributed by atoms with Gasteiger partial charge in [0.15, 0.2) is 5.78 Å². The third kappa shape index (κ3) is 4.78. The summed E-state index contributed by atoms with van der Waals surface area (Å²) in [7, 11) is 0. The predicted octanol–water partition coefficient (Wildman–Crippen LogP) is 3.54. The van der Waals surface area contributed by atoms with Crippen molar-refractivity contribution in [2.24, 2.45) is 0 Å². The van der Waals surface area contributed by atoms with Gasteiger partial charge < -0.3 is 10.6 Å². The van der Waals surface area contributed by atoms with Crippen LogP contribution in [-0.4, -0.2) is 33.0 Å². The summed E-state index contributed by atoms with van der Waals surface area (Å²) in [6, 6.07) is 9.56. The molecule has 0 fully saturated rings. The fourth-order valence-electron chi connectivity index (χ4n) is 2.66. The molecule has 150 valence electrons. The van der Waals surface area contributed by atoms with E-state index in [9.17, 15) is 22.8 Å². The van der Waals surface area contributed by atoms with E-state index in [2.05, 4.69) is 20.7 Å². The number of carbonyl (C=O) groups is 2. The van der Waals surface area contributed by atoms with Crippen molar-refractivity contribution in [1.82, 2.24) is 14.8 Å². The predicted molar refractivity (Wildman–Crippen MR) is 99.9 cm³/mol. The molecule has 7 nitrogen and oxygen atoms in total. The van der Waals surface area contributed by atoms with Crippen LogP contribution in [0.5, 0.6) is 0 Å². The maximum absolute atomic E-state index is 13.1. The number of ketones is 1. The number of benzene rings is 2. The van der Waals surface area contributed by atoms with E-state index in [-0.39, 0.29) is 23.7 Å². The first-order valence-corrected chi connectivity index (χ1v) is 8.45. The van der Waals surface area contributed by atoms with E-state index in [4.69, 9.17) is 0 Å². The summed E-state index contributed by atoms with van der Waals surface area (Å²) in [6.07, 6.45) is -2.04. The van der Waals surface area contributed by atoms with Crippen molar-refractivity contribution in [3.63, 3.8) is 0 Å². The van der Waals surface area contributed by atoms with Gasteiger partial charge in [0.25, 0.3) is 0 Å². The molecule has 0 saturated heterocycles. The van der Waals surface area contributed by atoms with Gasteiger partial charge in [0.1, 0.15) is 12.7 Å². The number of carbonyl (C=O) groups excluding carboxylic acids is 2. The molecule has 0 bridgehead atoms. The van der Waals surface area contributed by atoms with E-state index in [0.29, 0.717) is 11.3 Å². The van der Waals surface area contributed by atoms with Crippen LogP contribution in [0.1, 0.15) is 22.8 Å². The largest absolute Gasteiger partial charge is 0.416 e. The summed E-state index contributed by atoms with van der Waals surface area (Å²) in [5.74, 6) is -0.774. The minimum atomic E-state index is -4.57. The number of Topliss-reactive ketones (excluding diaryl/α,β-unsaturated/α-hetero) is 1. The van der Waals surface area contributed by atoms with Crippen molar-refractivity contribution < 1.29 is 22.8 Å². The molecule has 3 aromatic rings. The van der Waals surface area contributed by atoms with Crippen LogP contribution in [0.2, 0.25) is 0 Å². The molecule has 0 atom stereocenters. The summed E-state index contributed by atoms with van der Waals surface area (Å²) in [4.78, 5) is 27.8. The van der Waals surface area contributed by atoms with Crippen LogP contribution in [0, 0.1) is 0 Å². The molecule has 10 heteroatoms. The second-order valence-corrected chi connectivity index (χ2v) is 6.07. The number of alkyl halides is 3. The number of amides is 1. The number of aromatic nitrogens is 3. The van der Waals surface area contributed by atoms with Gasteiger partial charge in [-0.1, -0.05) is 12.1 Å². The Morgan fingerprint density at radius 2 is 1.86 bits per heavy atom. The zero-order valence-electron chi connectivity index (χ0n) is 15.2. The number of nitrogens with zero attached hydrogens (tertiary/aromatic N) is 3. The molecule has 0 radical (unpaired) electrons. The Kier molecular flexibility index (Phi) is 5.62. The average molecular weight is 403 g/mol. The van der Waals surface area contributed by atoms with Crippen molar-refractivity contribution >= 4 is 23.1 Å². The summed E-state index contributed by atoms with van der Waals surface area (Å²) >= 11 is 0. The third-order valence-electron chi connectivity index (χ3n) is 4.01. The average Bonchev–Trinajstić information content (AvgIpc) is 3.20. The second-order valence-electron chi connectivity index (χ2n) is 6.07. The number of para-hydroxylation sites is 1. The Labute approximate surface area is 163 Å². The highest BCUT2D eigenvalue weighted by molar-refractivity contribution is 6.01. The lowest BCUT2D eigenvalue weighted by Gasteiger charge is -2.15. The zero-order valence-corrected chi connectivity index (χ0v) is 15.2. The van der Waals surface area contributed by atoms with Crippen molar-refractivity contribution in [2.75, 3.05) is 17.2 Å². The monoisotopic (exact) mass is 403 g/mol. The van der Waals surface area contributed by atoms with Crippen molar-refractivity contribution in [3.8, 4) is 5.69 Å². The fraction of sp³-hybridized carbons (Fsp3) is 0.158. The molecule has 2 N–H and O–H groups in total. The first-order chi connectivity index (χ1) is 13.8. The molecule has 0 unspecified atom stereocenters. The Balaban J connectivity index is 1.81. The summed E-state index contributed by atoms with van der Waals surface area (Å²) in [6.45, 7) is 1.14. The summed E-state index contributed by atoms with van der Waals surface area (Å²) < 4.78 is 40.5. The Morgan fingerprint density at radius 3 is 2.52 bits per heavy atom. The van der Waals surface area contributed by atoms with Gasteiger partial charge in [0.05, 0.1) is 23.5 Å². The van der Waals surface area contributed by atoms with E-state index in [1.807, 2.05) is 0 Å². The summed E-state index contributed by atoms with van der Waals surface area (Å²) in [5.41, 5.74) is 0.106. The van der Waals surface area contributed by atoms with Crippen molar-refractivity contribution in [1.29, 1.82) is 0 Å². The van der Waals surface area contributed by atoms with E-state index < -0.39 is 17.6 Å². The minimum absolute atomic E-state index is 0.0722. The molecule has 1 amide bonds. The van der Waals surface area contributed by atoms with Gasteiger partial charge in [-0.2, -0.15) is 18.3 Å². The van der Waals surface area contributed by atoms with Gasteiger partial charge in [-0.15, -0.1) is 0 Å². The Morgan fingerprint density at radius 1 is 1.10 bits per heavy atom. The highest BCUT2D eigenvalue weighted by atomic mass is 19.4. The van der Waals surface area contributed by atoms with Crippen LogP contribution in [0.25, 0.3) is 5.69 Å². The quantitative estimate of drug-likeness (QED) is 0.615. The van der Waals surface area contributed by atoms with E-state index in [1.165, 1.54) is 30.3 Å². The molecule has 0 aliphatic carbocycles. The fourth-order valence-corrected chi connectivity index (χ4v) is 2.66. The lowest BCUT2D eigenvalue weighted by Crippen LogP contribution is -2.23. The molecular weight excluding hydrogens is 387 g/mol. The van der Waals surface area contributed by atoms with Gasteiger partial charge >= 0.3 is 6.18 Å². The Bertz CT molecular complexity index is 1030. The molecule has 1 aromatic heterocycles. The normalized spacial score (nSPS) is 11.2. The summed E-state index contributed by atoms with van der Waals surface area (Å²) in [5, 5.41) is 9.17. The van der Waals surface area contributed by atoms with Gasteiger partial charge in [-0.05, 0) is 37.3 Å². The highest BCUT2D eigenvalue weighted by Gasteiger charge is 2.31. The molecule has 0 saturated carbocycles. The standard InChI is InChI=1S/C19H16F3N5O2/c1-12(28)14-4-2-3-5-15(14)24-9-18(29)26-16-8-13(19(20,21)22)6-7-17(16)27-11-23-10-25-27/h2-8,10-11,24H,9H2,1H3,(H,26,29). The number of halogens is 3. The molecule has 0 aliphatic rings. The number of nitrogens with one attached hydrogen (secondary N) is 2. The van der Waals surface area contributed by atoms with E-state index in [0.717, 1.165) is 12.1 Å². The lowest BCUT2D eigenvalue weighted by atomic mass is 10.1. The van der Waals surface area contributed by atoms with E-state index in [1.54, 1.807) is 24.3 Å². The molecule has 1 heterocycles. The molecular formula is C19H16F3N5O2. The maximum atomic E-state index is 13.1. The molecule has 2 aromatic carbocycles. The number of anilines is 2. The highest BCUT2D eigenvalue weighted by Crippen LogP contribution is 2.33. The molecule has 0 aliphatic heterocycles. The number of hydrogen-bond donors (Lipinski definition) is 2. The maximum Gasteiger partial charge on any atom is 0.416 e. The molecule has 3 rings (SSSR count). The van der Waals surface area contributed by atoms with Crippen LogP contribution < -0.4 is 10.6 Å². The van der Waals surface area contributed by atoms with Gasteiger partial charge in [-0.25, -0.2) is 9.67 Å². The smallest absolute Gasteiger partial charge is 0.376 e. The van der Waals surface area contributed by atoms with Gasteiger partial charge in [-0.3, -0.25) is 9.59 Å². The third-order valence-corrected chi connectivity index (χ3v) is 4.01. The van der Waals surface area contributed by atoms with E-state index >= 15 is 0 Å². The first-order valence-electron chi connectivity index (χ1n) is 8.45. The molecule has 29 heavy (non-hydrogen) atoms. The second kappa shape index (κ2) is 8.13. The molecule has 0 spiro atoms. The van der Waals surface area contributed by atoms with Crippen LogP contribution in [-0.2, 0) is 11.0 Å². The number of rotatable bonds is 6. The van der Waals surface area contributed by atoms with Crippen molar-refractivity contribution in [2.45, 2.75) is 13.1 Å². The zero-order chi connectivity index (χ0) is 21.0. The lowest BCUT2D eigenvalue weighted by molar-refractivity contribution is -0.137. The van der Waals surface area contributed by atoms with Crippen LogP contribution >= 0.6 is 0 Å². The topological polar surface area (TPSA) is 88.9 Å². The minimum Gasteiger partial charge on any atom is -0.376 e. The van der Waals surface area contributed by atoms with Crippen LogP contribution in [0.4, 0.5) is 24.5 Å². The van der Waals surface area contributed by atoms with Crippen molar-refractivity contribution in [3.05, 3.63) is 66.2 Å². The SMILES string of the molecule is CC(=O)c1ccccc1NCC(=O)Nc1cc(C(F)(F)F)ccc1-n1cncn1. The van der Waals surface area contributed by atoms with Gasteiger partial charge in [0.2, 0.25) is 5.91 Å². The first kappa shape index (κ1) is 20.1. The van der Waals surface area contributed by atoms with Crippen LogP contribution in [0.15, 0.2) is 55.1 Å². The van der Waals surface area contributed by atoms with Crippen LogP contribution in [0.3, 0.4) is 0 Å². The Hall–Kier alpha value is -3.69.